The number of hydrogen-bond acceptors (Lipinski definition) is 4. The molecule has 1 aromatic rings. The number of nitrogens with zero attached hydrogens (tertiary/aromatic N) is 4. The Bertz CT molecular complexity index is 597. The lowest BCUT2D eigenvalue weighted by Crippen LogP contribution is -2.34. The first-order valence-corrected chi connectivity index (χ1v) is 5.67. The Morgan fingerprint density at radius 3 is 3.06 bits per heavy atom. The van der Waals surface area contributed by atoms with Crippen molar-refractivity contribution in [3.05, 3.63) is 42.5 Å². The number of fused-ring (bicyclic) bond motifs is 1. The van der Waals surface area contributed by atoms with Crippen LogP contribution >= 0.6 is 0 Å². The summed E-state index contributed by atoms with van der Waals surface area (Å²) >= 11 is 0. The Balaban J connectivity index is 2.14. The number of ether oxygens (including phenoxy) is 1. The summed E-state index contributed by atoms with van der Waals surface area (Å²) in [7, 11) is 0. The predicted octanol–water partition coefficient (Wildman–Crippen LogP) is 0.310. The van der Waals surface area contributed by atoms with Crippen LogP contribution in [0.1, 0.15) is 17.7 Å². The average Bonchev–Trinajstić information content (AvgIpc) is 2.82. The van der Waals surface area contributed by atoms with Crippen molar-refractivity contribution >= 4 is 0 Å². The van der Waals surface area contributed by atoms with E-state index in [1.807, 2.05) is 0 Å². The Labute approximate surface area is 102 Å². The molecule has 1 aliphatic carbocycles. The van der Waals surface area contributed by atoms with Gasteiger partial charge in [-0.05, 0) is 24.8 Å². The SMILES string of the molecule is [N-]=[N+]=NCCOCn1c2c(c(=O)[nH]c1=O)CCC2. The molecule has 0 aromatic carbocycles. The van der Waals surface area contributed by atoms with Gasteiger partial charge in [0.1, 0.15) is 6.73 Å². The van der Waals surface area contributed by atoms with E-state index in [1.54, 1.807) is 0 Å². The molecule has 1 aliphatic rings. The van der Waals surface area contributed by atoms with Crippen LogP contribution in [-0.4, -0.2) is 22.7 Å². The third-order valence-corrected chi connectivity index (χ3v) is 2.87. The van der Waals surface area contributed by atoms with Crippen LogP contribution in [0, 0.1) is 0 Å². The molecular formula is C10H13N5O3. The van der Waals surface area contributed by atoms with Crippen molar-refractivity contribution in [3.63, 3.8) is 0 Å². The van der Waals surface area contributed by atoms with Crippen molar-refractivity contribution in [3.8, 4) is 0 Å². The first-order valence-electron chi connectivity index (χ1n) is 5.67. The fraction of sp³-hybridized carbons (Fsp3) is 0.600. The second-order valence-electron chi connectivity index (χ2n) is 3.96. The van der Waals surface area contributed by atoms with Gasteiger partial charge in [-0.2, -0.15) is 0 Å². The van der Waals surface area contributed by atoms with Crippen LogP contribution < -0.4 is 11.2 Å². The summed E-state index contributed by atoms with van der Waals surface area (Å²) in [4.78, 5) is 28.1. The van der Waals surface area contributed by atoms with Crippen molar-refractivity contribution in [1.82, 2.24) is 9.55 Å². The first kappa shape index (κ1) is 12.4. The number of rotatable bonds is 5. The van der Waals surface area contributed by atoms with E-state index in [0.717, 1.165) is 12.1 Å². The van der Waals surface area contributed by atoms with E-state index in [1.165, 1.54) is 4.57 Å². The number of H-pyrrole nitrogens is 1. The normalized spacial score (nSPS) is 13.1. The Morgan fingerprint density at radius 2 is 2.28 bits per heavy atom. The lowest BCUT2D eigenvalue weighted by atomic mass is 10.2. The quantitative estimate of drug-likeness (QED) is 0.351. The van der Waals surface area contributed by atoms with Gasteiger partial charge in [0, 0.05) is 22.7 Å². The van der Waals surface area contributed by atoms with Crippen LogP contribution in [0.3, 0.4) is 0 Å². The van der Waals surface area contributed by atoms with Gasteiger partial charge >= 0.3 is 5.69 Å². The minimum absolute atomic E-state index is 0.0683. The van der Waals surface area contributed by atoms with Gasteiger partial charge in [-0.25, -0.2) is 4.79 Å². The molecule has 0 spiro atoms. The van der Waals surface area contributed by atoms with E-state index in [-0.39, 0.29) is 25.4 Å². The maximum atomic E-state index is 11.7. The zero-order valence-corrected chi connectivity index (χ0v) is 9.76. The molecule has 0 saturated carbocycles. The molecule has 8 nitrogen and oxygen atoms in total. The van der Waals surface area contributed by atoms with E-state index in [4.69, 9.17) is 10.3 Å². The smallest absolute Gasteiger partial charge is 0.330 e. The van der Waals surface area contributed by atoms with Crippen LogP contribution in [-0.2, 0) is 24.3 Å². The number of nitrogens with one attached hydrogen (secondary N) is 1. The summed E-state index contributed by atoms with van der Waals surface area (Å²) in [5.74, 6) is 0. The predicted molar refractivity (Wildman–Crippen MR) is 63.3 cm³/mol. The number of hydrogen-bond donors (Lipinski definition) is 1. The van der Waals surface area contributed by atoms with Crippen LogP contribution in [0.5, 0.6) is 0 Å². The Kier molecular flexibility index (Phi) is 3.81. The number of aromatic nitrogens is 2. The second-order valence-corrected chi connectivity index (χ2v) is 3.96. The molecule has 1 aromatic heterocycles. The molecule has 0 amide bonds. The summed E-state index contributed by atoms with van der Waals surface area (Å²) in [6.45, 7) is 0.528. The summed E-state index contributed by atoms with van der Waals surface area (Å²) in [6, 6.07) is 0. The van der Waals surface area contributed by atoms with Gasteiger partial charge in [0.15, 0.2) is 0 Å². The molecule has 0 aliphatic heterocycles. The molecular weight excluding hydrogens is 238 g/mol. The topological polar surface area (TPSA) is 113 Å². The van der Waals surface area contributed by atoms with Gasteiger partial charge in [-0.3, -0.25) is 14.3 Å². The fourth-order valence-corrected chi connectivity index (χ4v) is 2.08. The van der Waals surface area contributed by atoms with Crippen molar-refractivity contribution < 1.29 is 4.74 Å². The molecule has 0 atom stereocenters. The van der Waals surface area contributed by atoms with Crippen molar-refractivity contribution in [2.45, 2.75) is 26.0 Å². The molecule has 18 heavy (non-hydrogen) atoms. The van der Waals surface area contributed by atoms with Crippen molar-refractivity contribution in [1.29, 1.82) is 0 Å². The molecule has 0 bridgehead atoms. The molecule has 2 rings (SSSR count). The molecule has 96 valence electrons. The van der Waals surface area contributed by atoms with Crippen molar-refractivity contribution in [2.24, 2.45) is 5.11 Å². The highest BCUT2D eigenvalue weighted by Gasteiger charge is 2.19. The molecule has 1 N–H and O–H groups in total. The third-order valence-electron chi connectivity index (χ3n) is 2.87. The van der Waals surface area contributed by atoms with E-state index in [0.29, 0.717) is 18.4 Å². The van der Waals surface area contributed by atoms with E-state index >= 15 is 0 Å². The lowest BCUT2D eigenvalue weighted by Gasteiger charge is -2.10. The largest absolute Gasteiger partial charge is 0.360 e. The van der Waals surface area contributed by atoms with Crippen molar-refractivity contribution in [2.75, 3.05) is 13.2 Å². The monoisotopic (exact) mass is 251 g/mol. The summed E-state index contributed by atoms with van der Waals surface area (Å²) in [5, 5.41) is 3.32. The van der Waals surface area contributed by atoms with Crippen LogP contribution in [0.4, 0.5) is 0 Å². The van der Waals surface area contributed by atoms with Crippen LogP contribution in [0.25, 0.3) is 10.4 Å². The van der Waals surface area contributed by atoms with Crippen LogP contribution in [0.15, 0.2) is 14.7 Å². The standard InChI is InChI=1S/C10H13N5O3/c11-14-12-4-5-18-6-15-8-3-1-2-7(8)9(16)13-10(15)17/h1-6H2,(H,13,16,17). The zero-order chi connectivity index (χ0) is 13.0. The molecule has 0 radical (unpaired) electrons. The first-order chi connectivity index (χ1) is 8.74. The maximum Gasteiger partial charge on any atom is 0.330 e. The van der Waals surface area contributed by atoms with E-state index < -0.39 is 5.69 Å². The van der Waals surface area contributed by atoms with Gasteiger partial charge in [0.05, 0.1) is 6.61 Å². The Hall–Kier alpha value is -2.05. The minimum Gasteiger partial charge on any atom is -0.360 e. The number of azide groups is 1. The van der Waals surface area contributed by atoms with Gasteiger partial charge in [0.2, 0.25) is 0 Å². The summed E-state index contributed by atoms with van der Waals surface area (Å²) in [6.07, 6.45) is 2.29. The molecule has 0 fully saturated rings. The Morgan fingerprint density at radius 1 is 1.44 bits per heavy atom. The molecule has 0 unspecified atom stereocenters. The van der Waals surface area contributed by atoms with Gasteiger partial charge in [-0.1, -0.05) is 5.11 Å². The molecule has 8 heteroatoms. The highest BCUT2D eigenvalue weighted by Crippen LogP contribution is 2.16. The van der Waals surface area contributed by atoms with E-state index in [2.05, 4.69) is 15.0 Å². The van der Waals surface area contributed by atoms with Crippen LogP contribution in [0.2, 0.25) is 0 Å². The second kappa shape index (κ2) is 5.52. The zero-order valence-electron chi connectivity index (χ0n) is 9.76. The van der Waals surface area contributed by atoms with Gasteiger partial charge in [-0.15, -0.1) is 0 Å². The average molecular weight is 251 g/mol. The maximum absolute atomic E-state index is 11.7. The third kappa shape index (κ3) is 2.44. The fourth-order valence-electron chi connectivity index (χ4n) is 2.08. The van der Waals surface area contributed by atoms with Gasteiger partial charge < -0.3 is 4.74 Å². The number of aromatic amines is 1. The molecule has 0 saturated heterocycles. The minimum atomic E-state index is -0.454. The highest BCUT2D eigenvalue weighted by atomic mass is 16.5. The summed E-state index contributed by atoms with van der Waals surface area (Å²) < 4.78 is 6.67. The molecule has 1 heterocycles. The highest BCUT2D eigenvalue weighted by molar-refractivity contribution is 5.22. The van der Waals surface area contributed by atoms with Gasteiger partial charge in [0.25, 0.3) is 5.56 Å². The van der Waals surface area contributed by atoms with E-state index in [9.17, 15) is 9.59 Å². The summed E-state index contributed by atoms with van der Waals surface area (Å²) in [5.41, 5.74) is 8.78. The lowest BCUT2D eigenvalue weighted by molar-refractivity contribution is 0.0778.